The summed E-state index contributed by atoms with van der Waals surface area (Å²) >= 11 is 0. The van der Waals surface area contributed by atoms with Crippen molar-refractivity contribution in [3.05, 3.63) is 59.4 Å². The largest absolute Gasteiger partial charge is 0.439 e. The molecule has 0 fully saturated rings. The molecule has 0 N–H and O–H groups in total. The number of aromatic nitrogens is 1. The molecular weight excluding hydrogens is 431 g/mol. The van der Waals surface area contributed by atoms with E-state index in [2.05, 4.69) is 9.72 Å². The Hall–Kier alpha value is -3.23. The Balaban J connectivity index is 2.21. The fourth-order valence-electron chi connectivity index (χ4n) is 2.08. The summed E-state index contributed by atoms with van der Waals surface area (Å²) in [4.78, 5) is 3.54. The summed E-state index contributed by atoms with van der Waals surface area (Å²) in [6.45, 7) is 0. The standard InChI is InChI=1S/C18H9F9N2O/c19-15(17(23,24)25)18(26,27)30-13-4-1-10(2-5-13)7-11(8-28)14-6-3-12(9-29-14)16(20,21)22/h1-7,9,15H/b11-7+. The number of ether oxygens (including phenoxy) is 1. The van der Waals surface area contributed by atoms with Crippen molar-refractivity contribution in [1.82, 2.24) is 4.98 Å². The molecule has 0 bridgehead atoms. The summed E-state index contributed by atoms with van der Waals surface area (Å²) in [5, 5.41) is 9.16. The Labute approximate surface area is 163 Å². The van der Waals surface area contributed by atoms with E-state index in [-0.39, 0.29) is 16.8 Å². The first-order valence-electron chi connectivity index (χ1n) is 7.77. The number of rotatable bonds is 5. The molecule has 0 aliphatic heterocycles. The molecular formula is C18H9F9N2O. The minimum atomic E-state index is -5.83. The van der Waals surface area contributed by atoms with Crippen molar-refractivity contribution >= 4 is 11.6 Å². The van der Waals surface area contributed by atoms with Crippen molar-refractivity contribution in [2.75, 3.05) is 0 Å². The zero-order valence-corrected chi connectivity index (χ0v) is 14.4. The number of pyridine rings is 1. The summed E-state index contributed by atoms with van der Waals surface area (Å²) in [5.74, 6) is -0.782. The Morgan fingerprint density at radius 3 is 2.00 bits per heavy atom. The molecule has 1 atom stereocenters. The smallest absolute Gasteiger partial charge is 0.430 e. The molecule has 0 spiro atoms. The van der Waals surface area contributed by atoms with E-state index in [9.17, 15) is 39.5 Å². The van der Waals surface area contributed by atoms with Crippen molar-refractivity contribution in [1.29, 1.82) is 5.26 Å². The third-order valence-electron chi connectivity index (χ3n) is 3.51. The maximum Gasteiger partial charge on any atom is 0.439 e. The van der Waals surface area contributed by atoms with E-state index in [4.69, 9.17) is 5.26 Å². The second kappa shape index (κ2) is 8.25. The quantitative estimate of drug-likeness (QED) is 0.421. The first kappa shape index (κ1) is 23.1. The monoisotopic (exact) mass is 440 g/mol. The molecule has 0 aliphatic carbocycles. The molecule has 12 heteroatoms. The lowest BCUT2D eigenvalue weighted by atomic mass is 10.1. The average molecular weight is 440 g/mol. The molecule has 1 unspecified atom stereocenters. The van der Waals surface area contributed by atoms with Crippen LogP contribution in [0.1, 0.15) is 16.8 Å². The molecule has 0 radical (unpaired) electrons. The van der Waals surface area contributed by atoms with Crippen LogP contribution in [0.3, 0.4) is 0 Å². The van der Waals surface area contributed by atoms with Crippen LogP contribution in [0.2, 0.25) is 0 Å². The van der Waals surface area contributed by atoms with Crippen LogP contribution in [0.15, 0.2) is 42.6 Å². The van der Waals surface area contributed by atoms with Gasteiger partial charge in [-0.05, 0) is 35.9 Å². The lowest BCUT2D eigenvalue weighted by Crippen LogP contribution is -2.45. The van der Waals surface area contributed by atoms with Crippen LogP contribution < -0.4 is 4.74 Å². The van der Waals surface area contributed by atoms with E-state index in [1.54, 1.807) is 6.07 Å². The Morgan fingerprint density at radius 2 is 1.57 bits per heavy atom. The summed E-state index contributed by atoms with van der Waals surface area (Å²) < 4.78 is 117. The fraction of sp³-hybridized carbons (Fsp3) is 0.222. The van der Waals surface area contributed by atoms with E-state index in [0.717, 1.165) is 36.4 Å². The molecule has 3 nitrogen and oxygen atoms in total. The number of hydrogen-bond acceptors (Lipinski definition) is 3. The van der Waals surface area contributed by atoms with E-state index >= 15 is 0 Å². The zero-order valence-electron chi connectivity index (χ0n) is 14.4. The Bertz CT molecular complexity index is 940. The molecule has 0 aliphatic rings. The summed E-state index contributed by atoms with van der Waals surface area (Å²) in [5.41, 5.74) is -1.15. The van der Waals surface area contributed by atoms with Gasteiger partial charge in [0.15, 0.2) is 0 Å². The van der Waals surface area contributed by atoms with Crippen molar-refractivity contribution < 1.29 is 44.3 Å². The summed E-state index contributed by atoms with van der Waals surface area (Å²) in [6.07, 6.45) is -18.5. The van der Waals surface area contributed by atoms with Crippen LogP contribution in [0.4, 0.5) is 39.5 Å². The van der Waals surface area contributed by atoms with Gasteiger partial charge in [0.1, 0.15) is 11.8 Å². The number of allylic oxidation sites excluding steroid dienone is 1. The van der Waals surface area contributed by atoms with Crippen LogP contribution in [0.25, 0.3) is 11.6 Å². The molecule has 0 saturated carbocycles. The summed E-state index contributed by atoms with van der Waals surface area (Å²) in [7, 11) is 0. The predicted molar refractivity (Wildman–Crippen MR) is 85.7 cm³/mol. The molecule has 1 aromatic carbocycles. The van der Waals surface area contributed by atoms with Crippen LogP contribution in [-0.2, 0) is 6.18 Å². The predicted octanol–water partition coefficient (Wildman–Crippen LogP) is 6.04. The topological polar surface area (TPSA) is 45.9 Å². The highest BCUT2D eigenvalue weighted by Crippen LogP contribution is 2.36. The number of alkyl halides is 9. The van der Waals surface area contributed by atoms with Crippen LogP contribution >= 0.6 is 0 Å². The molecule has 30 heavy (non-hydrogen) atoms. The Morgan fingerprint density at radius 1 is 0.967 bits per heavy atom. The number of halogens is 9. The van der Waals surface area contributed by atoms with E-state index in [1.807, 2.05) is 0 Å². The molecule has 160 valence electrons. The fourth-order valence-corrected chi connectivity index (χ4v) is 2.08. The van der Waals surface area contributed by atoms with Gasteiger partial charge in [-0.3, -0.25) is 4.98 Å². The van der Waals surface area contributed by atoms with Gasteiger partial charge in [0.25, 0.3) is 6.17 Å². The zero-order chi connectivity index (χ0) is 22.7. The first-order valence-corrected chi connectivity index (χ1v) is 7.77. The van der Waals surface area contributed by atoms with Crippen LogP contribution in [0.5, 0.6) is 5.75 Å². The highest BCUT2D eigenvalue weighted by Gasteiger charge is 2.59. The molecule has 1 heterocycles. The number of benzene rings is 1. The molecule has 0 saturated heterocycles. The van der Waals surface area contributed by atoms with Gasteiger partial charge in [-0.1, -0.05) is 12.1 Å². The van der Waals surface area contributed by atoms with E-state index < -0.39 is 35.9 Å². The Kier molecular flexibility index (Phi) is 6.34. The highest BCUT2D eigenvalue weighted by molar-refractivity contribution is 5.88. The van der Waals surface area contributed by atoms with Crippen LogP contribution in [-0.4, -0.2) is 23.4 Å². The normalized spacial score (nSPS) is 14.2. The van der Waals surface area contributed by atoms with Crippen molar-refractivity contribution in [3.8, 4) is 11.8 Å². The van der Waals surface area contributed by atoms with Crippen molar-refractivity contribution in [2.45, 2.75) is 24.6 Å². The lowest BCUT2D eigenvalue weighted by Gasteiger charge is -2.23. The van der Waals surface area contributed by atoms with Gasteiger partial charge >= 0.3 is 18.5 Å². The third kappa shape index (κ3) is 5.65. The molecule has 0 amide bonds. The average Bonchev–Trinajstić information content (AvgIpc) is 2.65. The van der Waals surface area contributed by atoms with Crippen molar-refractivity contribution in [3.63, 3.8) is 0 Å². The maximum absolute atomic E-state index is 13.2. The molecule has 2 aromatic rings. The molecule has 1 aromatic heterocycles. The minimum Gasteiger partial charge on any atom is -0.430 e. The highest BCUT2D eigenvalue weighted by atomic mass is 19.4. The minimum absolute atomic E-state index is 0.109. The van der Waals surface area contributed by atoms with Gasteiger partial charge < -0.3 is 4.74 Å². The van der Waals surface area contributed by atoms with E-state index in [0.29, 0.717) is 12.3 Å². The summed E-state index contributed by atoms with van der Waals surface area (Å²) in [6, 6.07) is 7.10. The third-order valence-corrected chi connectivity index (χ3v) is 3.51. The van der Waals surface area contributed by atoms with Gasteiger partial charge in [0.05, 0.1) is 16.8 Å². The van der Waals surface area contributed by atoms with Crippen LogP contribution in [0, 0.1) is 11.3 Å². The number of nitrogens with zero attached hydrogens (tertiary/aromatic N) is 2. The van der Waals surface area contributed by atoms with Gasteiger partial charge in [0, 0.05) is 6.20 Å². The second-order valence-corrected chi connectivity index (χ2v) is 5.74. The lowest BCUT2D eigenvalue weighted by molar-refractivity contribution is -0.304. The van der Waals surface area contributed by atoms with Gasteiger partial charge in [-0.15, -0.1) is 0 Å². The first-order chi connectivity index (χ1) is 13.7. The number of hydrogen-bond donors (Lipinski definition) is 0. The second-order valence-electron chi connectivity index (χ2n) is 5.74. The SMILES string of the molecule is N#C/C(=C\c1ccc(OC(F)(F)C(F)C(F)(F)F)cc1)c1ccc(C(F)(F)F)cn1. The van der Waals surface area contributed by atoms with E-state index in [1.165, 1.54) is 0 Å². The molecule has 2 rings (SSSR count). The van der Waals surface area contributed by atoms with Crippen molar-refractivity contribution in [2.24, 2.45) is 0 Å². The van der Waals surface area contributed by atoms with Gasteiger partial charge in [-0.25, -0.2) is 4.39 Å². The maximum atomic E-state index is 13.2. The van der Waals surface area contributed by atoms with Gasteiger partial charge in [0.2, 0.25) is 0 Å². The number of nitriles is 1. The van der Waals surface area contributed by atoms with Gasteiger partial charge in [-0.2, -0.15) is 40.4 Å².